The van der Waals surface area contributed by atoms with Crippen LogP contribution in [0, 0.1) is 40.4 Å². The van der Waals surface area contributed by atoms with Gasteiger partial charge in [0.1, 0.15) is 6.10 Å². The van der Waals surface area contributed by atoms with Crippen LogP contribution in [0.3, 0.4) is 0 Å². The molecule has 0 spiro atoms. The quantitative estimate of drug-likeness (QED) is 0.653. The molecular formula is C23H36O4. The zero-order valence-electron chi connectivity index (χ0n) is 17.5. The monoisotopic (exact) mass is 376 g/mol. The first kappa shape index (κ1) is 19.3. The van der Waals surface area contributed by atoms with Crippen LogP contribution in [-0.4, -0.2) is 25.2 Å². The largest absolute Gasteiger partial charge is 0.469 e. The summed E-state index contributed by atoms with van der Waals surface area (Å²) in [5.74, 6) is 2.85. The highest BCUT2D eigenvalue weighted by molar-refractivity contribution is 5.73. The van der Waals surface area contributed by atoms with Crippen LogP contribution in [0.5, 0.6) is 0 Å². The van der Waals surface area contributed by atoms with E-state index in [1.54, 1.807) is 7.11 Å². The number of hydrogen-bond acceptors (Lipinski definition) is 4. The summed E-state index contributed by atoms with van der Waals surface area (Å²) < 4.78 is 10.7. The Morgan fingerprint density at radius 3 is 2.30 bits per heavy atom. The second kappa shape index (κ2) is 6.77. The summed E-state index contributed by atoms with van der Waals surface area (Å²) in [5, 5.41) is 0. The SMILES string of the molecule is COC(=O)[C@@H]1CC[C@@H]2[C@@H]3CC[C@H]4C[C@H](OC(C)=O)CC[C@]4(C)[C@@H]3CC[C@@]21C. The number of fused-ring (bicyclic) bond motifs is 5. The smallest absolute Gasteiger partial charge is 0.309 e. The van der Waals surface area contributed by atoms with Crippen molar-refractivity contribution < 1.29 is 19.1 Å². The van der Waals surface area contributed by atoms with E-state index in [1.165, 1.54) is 39.0 Å². The summed E-state index contributed by atoms with van der Waals surface area (Å²) in [6.45, 7) is 6.42. The third-order valence-electron chi connectivity index (χ3n) is 9.44. The molecule has 0 radical (unpaired) electrons. The predicted molar refractivity (Wildman–Crippen MR) is 103 cm³/mol. The van der Waals surface area contributed by atoms with Crippen molar-refractivity contribution in [3.8, 4) is 0 Å². The molecule has 27 heavy (non-hydrogen) atoms. The molecule has 0 unspecified atom stereocenters. The van der Waals surface area contributed by atoms with E-state index in [4.69, 9.17) is 9.47 Å². The number of carbonyl (C=O) groups is 2. The summed E-state index contributed by atoms with van der Waals surface area (Å²) >= 11 is 0. The third kappa shape index (κ3) is 2.93. The van der Waals surface area contributed by atoms with Crippen LogP contribution < -0.4 is 0 Å². The average Bonchev–Trinajstić information content (AvgIpc) is 2.98. The van der Waals surface area contributed by atoms with Crippen molar-refractivity contribution in [1.82, 2.24) is 0 Å². The second-order valence-electron chi connectivity index (χ2n) is 10.4. The second-order valence-corrected chi connectivity index (χ2v) is 10.4. The molecule has 0 saturated heterocycles. The third-order valence-corrected chi connectivity index (χ3v) is 9.44. The van der Waals surface area contributed by atoms with E-state index in [0.717, 1.165) is 37.5 Å². The van der Waals surface area contributed by atoms with Crippen LogP contribution in [0.1, 0.15) is 78.6 Å². The highest BCUT2D eigenvalue weighted by atomic mass is 16.5. The first-order valence-electron chi connectivity index (χ1n) is 11.0. The van der Waals surface area contributed by atoms with Gasteiger partial charge < -0.3 is 9.47 Å². The Morgan fingerprint density at radius 2 is 1.59 bits per heavy atom. The normalized spacial score (nSPS) is 48.7. The highest BCUT2D eigenvalue weighted by Crippen LogP contribution is 2.67. The molecule has 0 heterocycles. The number of methoxy groups -OCH3 is 1. The van der Waals surface area contributed by atoms with E-state index in [1.807, 2.05) is 0 Å². The Kier molecular flexibility index (Phi) is 4.83. The van der Waals surface area contributed by atoms with Crippen LogP contribution in [0.4, 0.5) is 0 Å². The maximum atomic E-state index is 12.4. The van der Waals surface area contributed by atoms with Crippen LogP contribution in [0.25, 0.3) is 0 Å². The first-order chi connectivity index (χ1) is 12.8. The number of ether oxygens (including phenoxy) is 2. The molecule has 8 atom stereocenters. The predicted octanol–water partition coefficient (Wildman–Crippen LogP) is 4.75. The number of carbonyl (C=O) groups excluding carboxylic acids is 2. The summed E-state index contributed by atoms with van der Waals surface area (Å²) in [6, 6.07) is 0. The molecule has 0 aromatic carbocycles. The maximum Gasteiger partial charge on any atom is 0.309 e. The summed E-state index contributed by atoms with van der Waals surface area (Å²) in [7, 11) is 1.54. The van der Waals surface area contributed by atoms with Crippen molar-refractivity contribution in [3.63, 3.8) is 0 Å². The number of esters is 2. The van der Waals surface area contributed by atoms with Gasteiger partial charge in [-0.2, -0.15) is 0 Å². The van der Waals surface area contributed by atoms with E-state index >= 15 is 0 Å². The van der Waals surface area contributed by atoms with Gasteiger partial charge in [-0.05, 0) is 92.3 Å². The standard InChI is InChI=1S/C23H36O4/c1-14(24)27-16-9-11-22(2)15(13-16)5-6-17-18-7-8-20(21(25)26-4)23(18,3)12-10-19(17)22/h15-20H,5-13H2,1-4H3/t15-,16+,17-,18+,19+,20-,22-,23-/m0/s1. The van der Waals surface area contributed by atoms with E-state index in [9.17, 15) is 9.59 Å². The Hall–Kier alpha value is -1.06. The molecule has 0 bridgehead atoms. The fraction of sp³-hybridized carbons (Fsp3) is 0.913. The van der Waals surface area contributed by atoms with E-state index < -0.39 is 0 Å². The molecule has 4 heteroatoms. The van der Waals surface area contributed by atoms with Crippen molar-refractivity contribution in [2.24, 2.45) is 40.4 Å². The van der Waals surface area contributed by atoms with Crippen molar-refractivity contribution in [2.45, 2.75) is 84.7 Å². The molecule has 0 aromatic heterocycles. The Bertz CT molecular complexity index is 615. The summed E-state index contributed by atoms with van der Waals surface area (Å²) in [5.41, 5.74) is 0.511. The Morgan fingerprint density at radius 1 is 0.889 bits per heavy atom. The average molecular weight is 377 g/mol. The molecule has 0 aliphatic heterocycles. The molecule has 0 N–H and O–H groups in total. The molecule has 4 rings (SSSR count). The fourth-order valence-corrected chi connectivity index (χ4v) is 8.09. The number of hydrogen-bond donors (Lipinski definition) is 0. The molecule has 4 fully saturated rings. The van der Waals surface area contributed by atoms with Gasteiger partial charge in [-0.3, -0.25) is 9.59 Å². The molecule has 4 aliphatic rings. The van der Waals surface area contributed by atoms with E-state index in [0.29, 0.717) is 17.3 Å². The fourth-order valence-electron chi connectivity index (χ4n) is 8.09. The molecule has 4 nitrogen and oxygen atoms in total. The molecule has 152 valence electrons. The lowest BCUT2D eigenvalue weighted by molar-refractivity contribution is -0.164. The van der Waals surface area contributed by atoms with Gasteiger partial charge in [-0.15, -0.1) is 0 Å². The van der Waals surface area contributed by atoms with Crippen LogP contribution in [0.15, 0.2) is 0 Å². The van der Waals surface area contributed by atoms with Gasteiger partial charge in [0.25, 0.3) is 0 Å². The van der Waals surface area contributed by atoms with Crippen molar-refractivity contribution in [1.29, 1.82) is 0 Å². The van der Waals surface area contributed by atoms with Gasteiger partial charge in [0.15, 0.2) is 0 Å². The minimum Gasteiger partial charge on any atom is -0.469 e. The zero-order valence-corrected chi connectivity index (χ0v) is 17.5. The molecule has 0 amide bonds. The lowest BCUT2D eigenvalue weighted by atomic mass is 9.44. The first-order valence-corrected chi connectivity index (χ1v) is 11.0. The summed E-state index contributed by atoms with van der Waals surface area (Å²) in [4.78, 5) is 23.8. The van der Waals surface area contributed by atoms with Crippen molar-refractivity contribution in [3.05, 3.63) is 0 Å². The molecule has 0 aromatic rings. The zero-order chi connectivity index (χ0) is 19.4. The van der Waals surface area contributed by atoms with Gasteiger partial charge in [0.05, 0.1) is 13.0 Å². The minimum absolute atomic E-state index is 0.0141. The Balaban J connectivity index is 1.53. The van der Waals surface area contributed by atoms with Gasteiger partial charge in [-0.1, -0.05) is 13.8 Å². The summed E-state index contributed by atoms with van der Waals surface area (Å²) in [6.07, 6.45) is 10.5. The van der Waals surface area contributed by atoms with E-state index in [-0.39, 0.29) is 29.4 Å². The van der Waals surface area contributed by atoms with Gasteiger partial charge >= 0.3 is 11.9 Å². The number of rotatable bonds is 2. The topological polar surface area (TPSA) is 52.6 Å². The maximum absolute atomic E-state index is 12.4. The van der Waals surface area contributed by atoms with Crippen LogP contribution >= 0.6 is 0 Å². The lowest BCUT2D eigenvalue weighted by Crippen LogP contribution is -2.54. The molecule has 4 saturated carbocycles. The lowest BCUT2D eigenvalue weighted by Gasteiger charge is -2.60. The van der Waals surface area contributed by atoms with Gasteiger partial charge in [0, 0.05) is 6.92 Å². The van der Waals surface area contributed by atoms with E-state index in [2.05, 4.69) is 13.8 Å². The molecule has 4 aliphatic carbocycles. The van der Waals surface area contributed by atoms with Crippen LogP contribution in [0.2, 0.25) is 0 Å². The van der Waals surface area contributed by atoms with Gasteiger partial charge in [0.2, 0.25) is 0 Å². The molecular weight excluding hydrogens is 340 g/mol. The Labute approximate surface area is 163 Å². The van der Waals surface area contributed by atoms with Crippen molar-refractivity contribution in [2.75, 3.05) is 7.11 Å². The van der Waals surface area contributed by atoms with Gasteiger partial charge in [-0.25, -0.2) is 0 Å². The minimum atomic E-state index is -0.134. The van der Waals surface area contributed by atoms with Crippen LogP contribution in [-0.2, 0) is 19.1 Å². The highest BCUT2D eigenvalue weighted by Gasteiger charge is 2.61. The van der Waals surface area contributed by atoms with Crippen molar-refractivity contribution >= 4 is 11.9 Å².